The van der Waals surface area contributed by atoms with Gasteiger partial charge in [-0.1, -0.05) is 13.0 Å². The summed E-state index contributed by atoms with van der Waals surface area (Å²) >= 11 is 3.41. The molecule has 1 unspecified atom stereocenters. The SMILES string of the molecule is CCc1cc(Br)c(O)c(C2CCNC2)c1. The number of phenols is 1. The molecule has 2 nitrogen and oxygen atoms in total. The zero-order valence-electron chi connectivity index (χ0n) is 8.89. The summed E-state index contributed by atoms with van der Waals surface area (Å²) in [6.45, 7) is 4.17. The summed E-state index contributed by atoms with van der Waals surface area (Å²) in [6.07, 6.45) is 2.12. The standard InChI is InChI=1S/C12H16BrNO/c1-2-8-5-10(9-3-4-14-7-9)12(15)11(13)6-8/h5-6,9,14-15H,2-4,7H2,1H3. The van der Waals surface area contributed by atoms with Crippen LogP contribution in [0.4, 0.5) is 0 Å². The molecule has 2 N–H and O–H groups in total. The molecule has 1 atom stereocenters. The number of hydrogen-bond donors (Lipinski definition) is 2. The van der Waals surface area contributed by atoms with Gasteiger partial charge in [-0.05, 0) is 52.5 Å². The zero-order valence-corrected chi connectivity index (χ0v) is 10.5. The molecule has 1 heterocycles. The van der Waals surface area contributed by atoms with E-state index in [4.69, 9.17) is 0 Å². The first kappa shape index (κ1) is 11.0. The van der Waals surface area contributed by atoms with E-state index in [0.717, 1.165) is 36.0 Å². The molecule has 0 amide bonds. The van der Waals surface area contributed by atoms with Crippen molar-refractivity contribution in [2.24, 2.45) is 0 Å². The predicted molar refractivity (Wildman–Crippen MR) is 65.4 cm³/mol. The molecule has 0 saturated carbocycles. The van der Waals surface area contributed by atoms with Gasteiger partial charge in [0.25, 0.3) is 0 Å². The van der Waals surface area contributed by atoms with Crippen LogP contribution in [-0.2, 0) is 6.42 Å². The summed E-state index contributed by atoms with van der Waals surface area (Å²) in [5.41, 5.74) is 2.37. The van der Waals surface area contributed by atoms with E-state index in [1.165, 1.54) is 5.56 Å². The molecule has 15 heavy (non-hydrogen) atoms. The van der Waals surface area contributed by atoms with Gasteiger partial charge >= 0.3 is 0 Å². The lowest BCUT2D eigenvalue weighted by Gasteiger charge is -2.14. The predicted octanol–water partition coefficient (Wildman–Crippen LogP) is 2.79. The Morgan fingerprint density at radius 1 is 1.53 bits per heavy atom. The number of halogens is 1. The Morgan fingerprint density at radius 3 is 2.93 bits per heavy atom. The molecule has 0 spiro atoms. The van der Waals surface area contributed by atoms with E-state index in [1.807, 2.05) is 6.07 Å². The van der Waals surface area contributed by atoms with Gasteiger partial charge in [0.2, 0.25) is 0 Å². The minimum absolute atomic E-state index is 0.418. The Balaban J connectivity index is 2.39. The topological polar surface area (TPSA) is 32.3 Å². The van der Waals surface area contributed by atoms with Gasteiger partial charge < -0.3 is 10.4 Å². The highest BCUT2D eigenvalue weighted by atomic mass is 79.9. The van der Waals surface area contributed by atoms with Gasteiger partial charge in [0.05, 0.1) is 4.47 Å². The van der Waals surface area contributed by atoms with Crippen molar-refractivity contribution in [3.05, 3.63) is 27.7 Å². The summed E-state index contributed by atoms with van der Waals surface area (Å²) in [5.74, 6) is 0.883. The van der Waals surface area contributed by atoms with Crippen LogP contribution in [0.5, 0.6) is 5.75 Å². The van der Waals surface area contributed by atoms with Crippen LogP contribution in [0.1, 0.15) is 30.4 Å². The first-order valence-electron chi connectivity index (χ1n) is 5.44. The Morgan fingerprint density at radius 2 is 2.33 bits per heavy atom. The average Bonchev–Trinajstić information content (AvgIpc) is 2.75. The van der Waals surface area contributed by atoms with Gasteiger partial charge in [-0.25, -0.2) is 0 Å². The number of benzene rings is 1. The lowest BCUT2D eigenvalue weighted by molar-refractivity contribution is 0.459. The van der Waals surface area contributed by atoms with Crippen molar-refractivity contribution in [1.29, 1.82) is 0 Å². The Hall–Kier alpha value is -0.540. The maximum atomic E-state index is 10.0. The Bertz CT molecular complexity index is 359. The number of rotatable bonds is 2. The smallest absolute Gasteiger partial charge is 0.133 e. The van der Waals surface area contributed by atoms with Crippen molar-refractivity contribution < 1.29 is 5.11 Å². The molecule has 0 bridgehead atoms. The molecule has 3 heteroatoms. The molecule has 1 fully saturated rings. The molecule has 0 aliphatic carbocycles. The van der Waals surface area contributed by atoms with E-state index in [0.29, 0.717) is 11.7 Å². The third-order valence-corrected chi connectivity index (χ3v) is 3.67. The van der Waals surface area contributed by atoms with Crippen molar-refractivity contribution in [2.45, 2.75) is 25.7 Å². The van der Waals surface area contributed by atoms with Crippen LogP contribution in [0.15, 0.2) is 16.6 Å². The third kappa shape index (κ3) is 2.18. The molecule has 2 rings (SSSR count). The second-order valence-corrected chi connectivity index (χ2v) is 4.91. The van der Waals surface area contributed by atoms with E-state index in [2.05, 4.69) is 34.2 Å². The zero-order chi connectivity index (χ0) is 10.8. The number of hydrogen-bond acceptors (Lipinski definition) is 2. The second kappa shape index (κ2) is 4.54. The lowest BCUT2D eigenvalue weighted by atomic mass is 9.95. The molecule has 1 saturated heterocycles. The fourth-order valence-electron chi connectivity index (χ4n) is 2.11. The number of phenolic OH excluding ortho intramolecular Hbond substituents is 1. The first-order valence-corrected chi connectivity index (χ1v) is 6.23. The Kier molecular flexibility index (Phi) is 3.32. The summed E-state index contributed by atoms with van der Waals surface area (Å²) in [5, 5.41) is 13.3. The molecule has 0 aromatic heterocycles. The average molecular weight is 270 g/mol. The normalized spacial score (nSPS) is 20.8. The highest BCUT2D eigenvalue weighted by Gasteiger charge is 2.21. The molecule has 1 aliphatic heterocycles. The van der Waals surface area contributed by atoms with E-state index >= 15 is 0 Å². The second-order valence-electron chi connectivity index (χ2n) is 4.06. The minimum atomic E-state index is 0.418. The first-order chi connectivity index (χ1) is 7.22. The van der Waals surface area contributed by atoms with Crippen molar-refractivity contribution in [3.8, 4) is 5.75 Å². The van der Waals surface area contributed by atoms with Gasteiger partial charge in [-0.15, -0.1) is 0 Å². The van der Waals surface area contributed by atoms with Gasteiger partial charge in [-0.3, -0.25) is 0 Å². The highest BCUT2D eigenvalue weighted by Crippen LogP contribution is 2.36. The van der Waals surface area contributed by atoms with Crippen LogP contribution >= 0.6 is 15.9 Å². The van der Waals surface area contributed by atoms with Crippen LogP contribution < -0.4 is 5.32 Å². The maximum Gasteiger partial charge on any atom is 0.133 e. The van der Waals surface area contributed by atoms with Crippen molar-refractivity contribution in [3.63, 3.8) is 0 Å². The fourth-order valence-corrected chi connectivity index (χ4v) is 2.64. The minimum Gasteiger partial charge on any atom is -0.506 e. The summed E-state index contributed by atoms with van der Waals surface area (Å²) < 4.78 is 0.823. The van der Waals surface area contributed by atoms with Gasteiger partial charge in [0, 0.05) is 12.5 Å². The fraction of sp³-hybridized carbons (Fsp3) is 0.500. The Labute approximate surface area is 98.8 Å². The quantitative estimate of drug-likeness (QED) is 0.866. The summed E-state index contributed by atoms with van der Waals surface area (Å²) in [4.78, 5) is 0. The molecule has 1 aromatic rings. The molecule has 82 valence electrons. The highest BCUT2D eigenvalue weighted by molar-refractivity contribution is 9.10. The van der Waals surface area contributed by atoms with E-state index in [-0.39, 0.29) is 0 Å². The van der Waals surface area contributed by atoms with Crippen LogP contribution in [-0.4, -0.2) is 18.2 Å². The van der Waals surface area contributed by atoms with Crippen molar-refractivity contribution >= 4 is 15.9 Å². The van der Waals surface area contributed by atoms with Gasteiger partial charge in [0.1, 0.15) is 5.75 Å². The molecule has 1 aromatic carbocycles. The summed E-state index contributed by atoms with van der Waals surface area (Å²) in [6, 6.07) is 4.14. The summed E-state index contributed by atoms with van der Waals surface area (Å²) in [7, 11) is 0. The molecule has 1 aliphatic rings. The van der Waals surface area contributed by atoms with E-state index in [1.54, 1.807) is 0 Å². The molecule has 0 radical (unpaired) electrons. The molecular formula is C12H16BrNO. The third-order valence-electron chi connectivity index (χ3n) is 3.06. The van der Waals surface area contributed by atoms with Crippen LogP contribution in [0.2, 0.25) is 0 Å². The largest absolute Gasteiger partial charge is 0.506 e. The number of nitrogens with one attached hydrogen (secondary N) is 1. The van der Waals surface area contributed by atoms with Crippen LogP contribution in [0.3, 0.4) is 0 Å². The monoisotopic (exact) mass is 269 g/mol. The van der Waals surface area contributed by atoms with E-state index < -0.39 is 0 Å². The van der Waals surface area contributed by atoms with Crippen molar-refractivity contribution in [2.75, 3.05) is 13.1 Å². The van der Waals surface area contributed by atoms with Crippen molar-refractivity contribution in [1.82, 2.24) is 5.32 Å². The molecular weight excluding hydrogens is 254 g/mol. The van der Waals surface area contributed by atoms with Gasteiger partial charge in [0.15, 0.2) is 0 Å². The van der Waals surface area contributed by atoms with Gasteiger partial charge in [-0.2, -0.15) is 0 Å². The van der Waals surface area contributed by atoms with Crippen LogP contribution in [0.25, 0.3) is 0 Å². The number of aryl methyl sites for hydroxylation is 1. The maximum absolute atomic E-state index is 10.0. The van der Waals surface area contributed by atoms with E-state index in [9.17, 15) is 5.11 Å². The number of aromatic hydroxyl groups is 1. The van der Waals surface area contributed by atoms with Crippen LogP contribution in [0, 0.1) is 0 Å². The lowest BCUT2D eigenvalue weighted by Crippen LogP contribution is -2.08.